The Hall–Kier alpha value is -3.79. The van der Waals surface area contributed by atoms with E-state index in [2.05, 4.69) is 22.1 Å². The van der Waals surface area contributed by atoms with Gasteiger partial charge >= 0.3 is 0 Å². The van der Waals surface area contributed by atoms with Crippen LogP contribution >= 0.6 is 11.8 Å². The number of carbonyl (C=O) groups is 2. The number of thioether (sulfide) groups is 1. The summed E-state index contributed by atoms with van der Waals surface area (Å²) in [5.74, 6) is 1.52. The molecule has 3 heterocycles. The van der Waals surface area contributed by atoms with E-state index in [9.17, 15) is 9.59 Å². The molecule has 0 saturated heterocycles. The highest BCUT2D eigenvalue weighted by Crippen LogP contribution is 2.37. The Morgan fingerprint density at radius 1 is 1.24 bits per heavy atom. The smallest absolute Gasteiger partial charge is 0.244 e. The van der Waals surface area contributed by atoms with Crippen molar-refractivity contribution in [1.29, 1.82) is 0 Å². The highest BCUT2D eigenvalue weighted by atomic mass is 32.2. The van der Waals surface area contributed by atoms with Crippen molar-refractivity contribution in [3.05, 3.63) is 67.0 Å². The lowest BCUT2D eigenvalue weighted by molar-refractivity contribution is -0.121. The number of rotatable bonds is 6. The zero-order valence-corrected chi connectivity index (χ0v) is 19.3. The maximum Gasteiger partial charge on any atom is 0.244 e. The highest BCUT2D eigenvalue weighted by Gasteiger charge is 2.33. The number of hydrogen-bond donors (Lipinski definition) is 1. The molecule has 2 aliphatic heterocycles. The summed E-state index contributed by atoms with van der Waals surface area (Å²) in [4.78, 5) is 27.0. The molecule has 0 spiro atoms. The van der Waals surface area contributed by atoms with Crippen LogP contribution in [0.4, 0.5) is 11.4 Å². The van der Waals surface area contributed by atoms with E-state index in [0.29, 0.717) is 47.0 Å². The van der Waals surface area contributed by atoms with Crippen LogP contribution in [0.5, 0.6) is 11.5 Å². The first-order valence-electron chi connectivity index (χ1n) is 10.8. The summed E-state index contributed by atoms with van der Waals surface area (Å²) in [5.41, 5.74) is 1.30. The van der Waals surface area contributed by atoms with Gasteiger partial charge in [-0.05, 0) is 31.2 Å². The van der Waals surface area contributed by atoms with E-state index >= 15 is 0 Å². The van der Waals surface area contributed by atoms with Crippen molar-refractivity contribution in [2.75, 3.05) is 23.4 Å². The van der Waals surface area contributed by atoms with Crippen LogP contribution in [0.2, 0.25) is 0 Å². The first-order chi connectivity index (χ1) is 16.5. The van der Waals surface area contributed by atoms with Crippen LogP contribution in [0.1, 0.15) is 18.9 Å². The molecule has 2 amide bonds. The molecule has 0 saturated carbocycles. The molecule has 3 aromatic rings. The number of hydrogen-bond acceptors (Lipinski definition) is 7. The fraction of sp³-hybridized carbons (Fsp3) is 0.250. The monoisotopic (exact) mass is 477 g/mol. The molecule has 0 aliphatic carbocycles. The first kappa shape index (κ1) is 22.0. The minimum absolute atomic E-state index is 0.0298. The van der Waals surface area contributed by atoms with Gasteiger partial charge in [0.25, 0.3) is 0 Å². The van der Waals surface area contributed by atoms with Crippen LogP contribution in [-0.2, 0) is 16.1 Å². The number of nitrogens with one attached hydrogen (secondary N) is 1. The molecule has 0 fully saturated rings. The third kappa shape index (κ3) is 4.12. The second-order valence-corrected chi connectivity index (χ2v) is 9.16. The maximum atomic E-state index is 13.3. The Kier molecular flexibility index (Phi) is 5.97. The van der Waals surface area contributed by atoms with Gasteiger partial charge in [0.05, 0.1) is 16.6 Å². The molecule has 0 unspecified atom stereocenters. The molecule has 174 valence electrons. The second kappa shape index (κ2) is 9.22. The van der Waals surface area contributed by atoms with Gasteiger partial charge in [-0.25, -0.2) is 0 Å². The van der Waals surface area contributed by atoms with Gasteiger partial charge in [0.1, 0.15) is 13.2 Å². The Morgan fingerprint density at radius 3 is 2.82 bits per heavy atom. The molecular weight excluding hydrogens is 454 g/mol. The van der Waals surface area contributed by atoms with E-state index in [1.54, 1.807) is 19.1 Å². The molecular formula is C24H23N5O4S. The van der Waals surface area contributed by atoms with Crippen LogP contribution in [-0.4, -0.2) is 45.0 Å². The van der Waals surface area contributed by atoms with Crippen molar-refractivity contribution in [3.8, 4) is 11.5 Å². The van der Waals surface area contributed by atoms with Gasteiger partial charge in [0.15, 0.2) is 28.6 Å². The van der Waals surface area contributed by atoms with E-state index in [1.807, 2.05) is 47.0 Å². The predicted octanol–water partition coefficient (Wildman–Crippen LogP) is 3.44. The zero-order valence-electron chi connectivity index (χ0n) is 18.5. The van der Waals surface area contributed by atoms with E-state index in [0.717, 1.165) is 0 Å². The van der Waals surface area contributed by atoms with Crippen molar-refractivity contribution in [3.63, 3.8) is 0 Å². The number of nitrogens with zero attached hydrogens (tertiary/aromatic N) is 4. The van der Waals surface area contributed by atoms with E-state index in [-0.39, 0.29) is 18.4 Å². The fourth-order valence-electron chi connectivity index (χ4n) is 3.93. The van der Waals surface area contributed by atoms with Crippen LogP contribution in [0.25, 0.3) is 0 Å². The summed E-state index contributed by atoms with van der Waals surface area (Å²) in [6.07, 6.45) is 1.30. The number of benzene rings is 2. The molecule has 34 heavy (non-hydrogen) atoms. The second-order valence-electron chi connectivity index (χ2n) is 7.85. The van der Waals surface area contributed by atoms with Gasteiger partial charge in [0.2, 0.25) is 11.8 Å². The zero-order chi connectivity index (χ0) is 23.7. The molecule has 0 radical (unpaired) electrons. The summed E-state index contributed by atoms with van der Waals surface area (Å²) in [6.45, 7) is 6.35. The lowest BCUT2D eigenvalue weighted by Crippen LogP contribution is -2.45. The topological polar surface area (TPSA) is 98.6 Å². The van der Waals surface area contributed by atoms with Crippen LogP contribution in [0.15, 0.2) is 66.3 Å². The van der Waals surface area contributed by atoms with Crippen molar-refractivity contribution in [2.24, 2.45) is 0 Å². The molecule has 1 N–H and O–H groups in total. The average Bonchev–Trinajstić information content (AvgIpc) is 3.24. The minimum atomic E-state index is -0.510. The van der Waals surface area contributed by atoms with Crippen molar-refractivity contribution in [1.82, 2.24) is 14.8 Å². The average molecular weight is 478 g/mol. The number of carbonyl (C=O) groups excluding carboxylic acids is 2. The molecule has 0 bridgehead atoms. The number of ether oxygens (including phenoxy) is 2. The maximum absolute atomic E-state index is 13.3. The summed E-state index contributed by atoms with van der Waals surface area (Å²) in [6, 6.07) is 14.7. The number of para-hydroxylation sites is 4. The third-order valence-corrected chi connectivity index (χ3v) is 6.59. The van der Waals surface area contributed by atoms with E-state index in [4.69, 9.17) is 9.47 Å². The van der Waals surface area contributed by atoms with Crippen molar-refractivity contribution < 1.29 is 19.1 Å². The Bertz CT molecular complexity index is 1260. The van der Waals surface area contributed by atoms with E-state index in [1.165, 1.54) is 16.7 Å². The number of fused-ring (bicyclic) bond motifs is 2. The fourth-order valence-corrected chi connectivity index (χ4v) is 4.86. The molecule has 2 atom stereocenters. The number of allylic oxidation sites excluding steroid dienone is 1. The number of amides is 2. The molecule has 5 rings (SSSR count). The van der Waals surface area contributed by atoms with Gasteiger partial charge in [-0.3, -0.25) is 19.1 Å². The minimum Gasteiger partial charge on any atom is -0.485 e. The largest absolute Gasteiger partial charge is 0.485 e. The summed E-state index contributed by atoms with van der Waals surface area (Å²) >= 11 is 1.28. The van der Waals surface area contributed by atoms with Crippen molar-refractivity contribution in [2.45, 2.75) is 30.0 Å². The van der Waals surface area contributed by atoms with Gasteiger partial charge in [-0.15, -0.1) is 16.8 Å². The number of anilines is 2. The first-order valence-corrected chi connectivity index (χ1v) is 11.7. The number of aromatic nitrogens is 3. The summed E-state index contributed by atoms with van der Waals surface area (Å²) in [7, 11) is 0. The van der Waals surface area contributed by atoms with Gasteiger partial charge in [-0.2, -0.15) is 0 Å². The summed E-state index contributed by atoms with van der Waals surface area (Å²) in [5, 5.41) is 11.5. The standard InChI is InChI=1S/C24H23N5O4S/c1-3-12-28-22(20-14-32-18-10-6-7-11-19(18)33-20)26-27-24(28)34-15(2)23(31)29-13-21(30)25-16-8-4-5-9-17(16)29/h3-11,15,20H,1,12-14H2,2H3,(H,25,30)/t15-,20-/m0/s1. The quantitative estimate of drug-likeness (QED) is 0.429. The van der Waals surface area contributed by atoms with Gasteiger partial charge in [0, 0.05) is 6.54 Å². The lowest BCUT2D eigenvalue weighted by Gasteiger charge is -2.30. The van der Waals surface area contributed by atoms with Crippen LogP contribution in [0.3, 0.4) is 0 Å². The highest BCUT2D eigenvalue weighted by molar-refractivity contribution is 8.00. The van der Waals surface area contributed by atoms with Gasteiger partial charge < -0.3 is 14.8 Å². The SMILES string of the molecule is C=CCn1c(S[C@@H](C)C(=O)N2CC(=O)Nc3ccccc32)nnc1[C@@H]1COc2ccccc2O1. The van der Waals surface area contributed by atoms with Gasteiger partial charge in [-0.1, -0.05) is 42.1 Å². The Morgan fingerprint density at radius 2 is 2.00 bits per heavy atom. The van der Waals surface area contributed by atoms with E-state index < -0.39 is 11.4 Å². The molecule has 1 aromatic heterocycles. The molecule has 2 aromatic carbocycles. The normalized spacial score (nSPS) is 17.5. The molecule has 10 heteroatoms. The van der Waals surface area contributed by atoms with Crippen molar-refractivity contribution >= 4 is 35.0 Å². The lowest BCUT2D eigenvalue weighted by atomic mass is 10.2. The predicted molar refractivity (Wildman–Crippen MR) is 128 cm³/mol. The Labute approximate surface area is 200 Å². The Balaban J connectivity index is 1.37. The van der Waals surface area contributed by atoms with Crippen LogP contribution in [0, 0.1) is 0 Å². The van der Waals surface area contributed by atoms with Crippen LogP contribution < -0.4 is 19.7 Å². The third-order valence-electron chi connectivity index (χ3n) is 5.52. The molecule has 2 aliphatic rings. The summed E-state index contributed by atoms with van der Waals surface area (Å²) < 4.78 is 13.8. The molecule has 9 nitrogen and oxygen atoms in total.